The van der Waals surface area contributed by atoms with Gasteiger partial charge in [-0.2, -0.15) is 0 Å². The van der Waals surface area contributed by atoms with Gasteiger partial charge in [0.1, 0.15) is 0 Å². The lowest BCUT2D eigenvalue weighted by molar-refractivity contribution is 0.0914. The zero-order valence-corrected chi connectivity index (χ0v) is 19.5. The molecule has 1 aromatic rings. The van der Waals surface area contributed by atoms with Crippen molar-refractivity contribution in [2.24, 2.45) is 4.99 Å². The molecule has 1 saturated heterocycles. The Kier molecular flexibility index (Phi) is 11.9. The lowest BCUT2D eigenvalue weighted by Gasteiger charge is -2.35. The predicted molar refractivity (Wildman–Crippen MR) is 122 cm³/mol. The fourth-order valence-electron chi connectivity index (χ4n) is 2.97. The van der Waals surface area contributed by atoms with Crippen LogP contribution in [-0.2, 0) is 22.6 Å². The average molecular weight is 504 g/mol. The molecule has 1 aliphatic rings. The van der Waals surface area contributed by atoms with Gasteiger partial charge in [0.2, 0.25) is 0 Å². The zero-order chi connectivity index (χ0) is 19.5. The molecule has 1 heterocycles. The highest BCUT2D eigenvalue weighted by atomic mass is 127. The van der Waals surface area contributed by atoms with Crippen molar-refractivity contribution in [3.63, 3.8) is 0 Å². The van der Waals surface area contributed by atoms with Crippen molar-refractivity contribution in [1.29, 1.82) is 0 Å². The summed E-state index contributed by atoms with van der Waals surface area (Å²) in [6.07, 6.45) is -0.232. The maximum absolute atomic E-state index is 11.9. The Hall–Kier alpha value is -1.55. The lowest BCUT2D eigenvalue weighted by Crippen LogP contribution is -2.53. The zero-order valence-electron chi connectivity index (χ0n) is 17.1. The summed E-state index contributed by atoms with van der Waals surface area (Å²) in [5.41, 5.74) is 2.34. The van der Waals surface area contributed by atoms with Crippen LogP contribution in [0.1, 0.15) is 31.9 Å². The van der Waals surface area contributed by atoms with Crippen molar-refractivity contribution < 1.29 is 14.3 Å². The fourth-order valence-corrected chi connectivity index (χ4v) is 2.97. The molecule has 0 aliphatic carbocycles. The normalized spacial score (nSPS) is 14.5. The van der Waals surface area contributed by atoms with E-state index in [9.17, 15) is 4.79 Å². The van der Waals surface area contributed by atoms with Crippen LogP contribution in [0.25, 0.3) is 0 Å². The highest BCUT2D eigenvalue weighted by molar-refractivity contribution is 14.0. The average Bonchev–Trinajstić information content (AvgIpc) is 2.70. The maximum atomic E-state index is 11.9. The number of guanidine groups is 1. The molecule has 0 unspecified atom stereocenters. The number of carbonyl (C=O) groups excluding carboxylic acids is 1. The number of halogens is 1. The van der Waals surface area contributed by atoms with Gasteiger partial charge in [-0.1, -0.05) is 24.3 Å². The number of rotatable bonds is 7. The van der Waals surface area contributed by atoms with Gasteiger partial charge in [0.15, 0.2) is 5.96 Å². The minimum absolute atomic E-state index is 0. The van der Waals surface area contributed by atoms with Crippen LogP contribution >= 0.6 is 24.0 Å². The van der Waals surface area contributed by atoms with Gasteiger partial charge in [-0.05, 0) is 31.9 Å². The molecule has 0 saturated carbocycles. The van der Waals surface area contributed by atoms with Gasteiger partial charge in [0, 0.05) is 39.3 Å². The minimum Gasteiger partial charge on any atom is -0.450 e. The Bertz CT molecular complexity index is 619. The quantitative estimate of drug-likeness (QED) is 0.351. The number of nitrogens with one attached hydrogen (secondary N) is 1. The molecular weight excluding hydrogens is 471 g/mol. The van der Waals surface area contributed by atoms with E-state index in [4.69, 9.17) is 14.5 Å². The van der Waals surface area contributed by atoms with Crippen LogP contribution in [0.5, 0.6) is 0 Å². The minimum atomic E-state index is -0.232. The van der Waals surface area contributed by atoms with E-state index in [0.717, 1.165) is 25.6 Å². The van der Waals surface area contributed by atoms with E-state index in [1.807, 2.05) is 26.0 Å². The molecule has 1 fully saturated rings. The standard InChI is InChI=1S/C20H32N4O3.HI/c1-4-21-19(23-11-13-24(14-12-23)20(25)27-6-3)22-15-17-9-7-8-10-18(17)16-26-5-2;/h7-10H,4-6,11-16H2,1-3H3,(H,21,22);1H. The molecule has 158 valence electrons. The topological polar surface area (TPSA) is 66.4 Å². The molecule has 1 N–H and O–H groups in total. The summed E-state index contributed by atoms with van der Waals surface area (Å²) in [6.45, 7) is 11.8. The first-order valence-corrected chi connectivity index (χ1v) is 9.79. The molecule has 1 aliphatic heterocycles. The molecule has 0 spiro atoms. The van der Waals surface area contributed by atoms with Crippen molar-refractivity contribution in [3.8, 4) is 0 Å². The number of hydrogen-bond donors (Lipinski definition) is 1. The number of benzene rings is 1. The second kappa shape index (κ2) is 13.6. The third-order valence-corrected chi connectivity index (χ3v) is 4.42. The molecular formula is C20H33IN4O3. The molecule has 0 atom stereocenters. The van der Waals surface area contributed by atoms with E-state index >= 15 is 0 Å². The number of carbonyl (C=O) groups is 1. The number of nitrogens with zero attached hydrogens (tertiary/aromatic N) is 3. The van der Waals surface area contributed by atoms with Gasteiger partial charge in [-0.25, -0.2) is 9.79 Å². The first-order chi connectivity index (χ1) is 13.2. The first-order valence-electron chi connectivity index (χ1n) is 9.79. The van der Waals surface area contributed by atoms with Crippen LogP contribution in [0.3, 0.4) is 0 Å². The summed E-state index contributed by atoms with van der Waals surface area (Å²) >= 11 is 0. The second-order valence-electron chi connectivity index (χ2n) is 6.25. The van der Waals surface area contributed by atoms with Crippen LogP contribution in [0.4, 0.5) is 4.79 Å². The van der Waals surface area contributed by atoms with E-state index in [1.165, 1.54) is 11.1 Å². The first kappa shape index (κ1) is 24.5. The molecule has 1 aromatic carbocycles. The van der Waals surface area contributed by atoms with E-state index in [1.54, 1.807) is 4.90 Å². The summed E-state index contributed by atoms with van der Waals surface area (Å²) in [5.74, 6) is 0.882. The molecule has 28 heavy (non-hydrogen) atoms. The van der Waals surface area contributed by atoms with Gasteiger partial charge in [-0.15, -0.1) is 24.0 Å². The lowest BCUT2D eigenvalue weighted by atomic mass is 10.1. The predicted octanol–water partition coefficient (Wildman–Crippen LogP) is 3.08. The largest absolute Gasteiger partial charge is 0.450 e. The van der Waals surface area contributed by atoms with E-state index < -0.39 is 0 Å². The summed E-state index contributed by atoms with van der Waals surface area (Å²) < 4.78 is 10.6. The van der Waals surface area contributed by atoms with Gasteiger partial charge in [0.05, 0.1) is 19.8 Å². The molecule has 8 heteroatoms. The van der Waals surface area contributed by atoms with Crippen molar-refractivity contribution in [1.82, 2.24) is 15.1 Å². The van der Waals surface area contributed by atoms with Crippen LogP contribution < -0.4 is 5.32 Å². The summed E-state index contributed by atoms with van der Waals surface area (Å²) in [7, 11) is 0. The second-order valence-corrected chi connectivity index (χ2v) is 6.25. The Morgan fingerprint density at radius 3 is 2.29 bits per heavy atom. The Morgan fingerprint density at radius 2 is 1.68 bits per heavy atom. The fraction of sp³-hybridized carbons (Fsp3) is 0.600. The summed E-state index contributed by atoms with van der Waals surface area (Å²) in [6, 6.07) is 8.25. The van der Waals surface area contributed by atoms with Crippen molar-refractivity contribution in [2.45, 2.75) is 33.9 Å². The van der Waals surface area contributed by atoms with Crippen LogP contribution in [0.15, 0.2) is 29.3 Å². The smallest absolute Gasteiger partial charge is 0.409 e. The number of ether oxygens (including phenoxy) is 2. The number of amides is 1. The summed E-state index contributed by atoms with van der Waals surface area (Å²) in [5, 5.41) is 3.36. The molecule has 0 radical (unpaired) electrons. The highest BCUT2D eigenvalue weighted by Crippen LogP contribution is 2.12. The van der Waals surface area contributed by atoms with Crippen LogP contribution in [0, 0.1) is 0 Å². The van der Waals surface area contributed by atoms with Crippen molar-refractivity contribution in [2.75, 3.05) is 45.9 Å². The SMILES string of the molecule is CCNC(=NCc1ccccc1COCC)N1CCN(C(=O)OCC)CC1.I. The Labute approximate surface area is 185 Å². The van der Waals surface area contributed by atoms with Crippen LogP contribution in [0.2, 0.25) is 0 Å². The van der Waals surface area contributed by atoms with Gasteiger partial charge in [0.25, 0.3) is 0 Å². The molecule has 1 amide bonds. The van der Waals surface area contributed by atoms with E-state index in [0.29, 0.717) is 39.5 Å². The van der Waals surface area contributed by atoms with Crippen molar-refractivity contribution >= 4 is 36.0 Å². The van der Waals surface area contributed by atoms with Gasteiger partial charge >= 0.3 is 6.09 Å². The van der Waals surface area contributed by atoms with Crippen molar-refractivity contribution in [3.05, 3.63) is 35.4 Å². The van der Waals surface area contributed by atoms with Gasteiger partial charge < -0.3 is 24.6 Å². The molecule has 2 rings (SSSR count). The molecule has 0 aromatic heterocycles. The van der Waals surface area contributed by atoms with E-state index in [2.05, 4.69) is 29.3 Å². The maximum Gasteiger partial charge on any atom is 0.409 e. The Morgan fingerprint density at radius 1 is 1.04 bits per heavy atom. The van der Waals surface area contributed by atoms with Crippen LogP contribution in [-0.4, -0.2) is 67.8 Å². The third-order valence-electron chi connectivity index (χ3n) is 4.42. The number of piperazine rings is 1. The molecule has 0 bridgehead atoms. The van der Waals surface area contributed by atoms with E-state index in [-0.39, 0.29) is 30.1 Å². The number of aliphatic imine (C=N–C) groups is 1. The monoisotopic (exact) mass is 504 g/mol. The molecule has 7 nitrogen and oxygen atoms in total. The summed E-state index contributed by atoms with van der Waals surface area (Å²) in [4.78, 5) is 20.6. The third kappa shape index (κ3) is 7.46. The highest BCUT2D eigenvalue weighted by Gasteiger charge is 2.23. The van der Waals surface area contributed by atoms with Gasteiger partial charge in [-0.3, -0.25) is 0 Å². The number of hydrogen-bond acceptors (Lipinski definition) is 4. The Balaban J connectivity index is 0.00000392.